The second-order valence-corrected chi connectivity index (χ2v) is 9.12. The zero-order valence-electron chi connectivity index (χ0n) is 18.8. The molecular weight excluding hydrogens is 507 g/mol. The number of morpholine rings is 1. The summed E-state index contributed by atoms with van der Waals surface area (Å²) in [4.78, 5) is 29.9. The highest BCUT2D eigenvalue weighted by Gasteiger charge is 2.45. The Labute approximate surface area is 205 Å². The van der Waals surface area contributed by atoms with E-state index in [1.165, 1.54) is 24.1 Å². The molecule has 2 aromatic carbocycles. The van der Waals surface area contributed by atoms with Gasteiger partial charge in [-0.3, -0.25) is 14.5 Å². The number of rotatable bonds is 7. The summed E-state index contributed by atoms with van der Waals surface area (Å²) >= 11 is 3.40. The number of aliphatic hydroxyl groups is 1. The highest BCUT2D eigenvalue weighted by Crippen LogP contribution is 2.40. The number of ether oxygens (including phenoxy) is 2. The Kier molecular flexibility index (Phi) is 7.65. The molecule has 2 saturated heterocycles. The molecule has 0 aliphatic carbocycles. The van der Waals surface area contributed by atoms with E-state index < -0.39 is 29.3 Å². The van der Waals surface area contributed by atoms with Crippen LogP contribution in [-0.4, -0.2) is 73.1 Å². The van der Waals surface area contributed by atoms with Crippen LogP contribution in [0.3, 0.4) is 0 Å². The first-order valence-corrected chi connectivity index (χ1v) is 11.9. The average Bonchev–Trinajstić information content (AvgIpc) is 3.09. The Morgan fingerprint density at radius 2 is 1.85 bits per heavy atom. The van der Waals surface area contributed by atoms with E-state index in [1.807, 2.05) is 12.1 Å². The second-order valence-electron chi connectivity index (χ2n) is 8.20. The normalized spacial score (nSPS) is 20.7. The predicted octanol–water partition coefficient (Wildman–Crippen LogP) is 3.74. The van der Waals surface area contributed by atoms with Gasteiger partial charge in [0.25, 0.3) is 11.7 Å². The summed E-state index contributed by atoms with van der Waals surface area (Å²) in [6.45, 7) is 4.14. The molecule has 7 nitrogen and oxygen atoms in total. The molecule has 2 aromatic rings. The zero-order valence-corrected chi connectivity index (χ0v) is 20.4. The molecule has 0 spiro atoms. The van der Waals surface area contributed by atoms with Gasteiger partial charge in [0.15, 0.2) is 11.6 Å². The van der Waals surface area contributed by atoms with Gasteiger partial charge in [0.05, 0.1) is 31.9 Å². The van der Waals surface area contributed by atoms with Crippen molar-refractivity contribution < 1.29 is 28.6 Å². The monoisotopic (exact) mass is 532 g/mol. The maximum absolute atomic E-state index is 14.3. The SMILES string of the molecule is COc1ccc(C(O)=C2C(=O)C(=O)N(CCCN3CCOCC3)[C@H]2c2ccc(Br)cc2)cc1F. The maximum Gasteiger partial charge on any atom is 0.295 e. The number of amides is 1. The Morgan fingerprint density at radius 3 is 2.50 bits per heavy atom. The van der Waals surface area contributed by atoms with Gasteiger partial charge in [-0.25, -0.2) is 4.39 Å². The number of carbonyl (C=O) groups is 2. The summed E-state index contributed by atoms with van der Waals surface area (Å²) in [5.74, 6) is -2.53. The van der Waals surface area contributed by atoms with E-state index in [2.05, 4.69) is 20.8 Å². The minimum atomic E-state index is -0.784. The molecule has 0 aromatic heterocycles. The second kappa shape index (κ2) is 10.7. The molecule has 2 aliphatic rings. The van der Waals surface area contributed by atoms with Crippen LogP contribution in [0.15, 0.2) is 52.5 Å². The van der Waals surface area contributed by atoms with Crippen LogP contribution < -0.4 is 4.74 Å². The molecule has 0 unspecified atom stereocenters. The average molecular weight is 533 g/mol. The number of likely N-dealkylation sites (tertiary alicyclic amines) is 1. The number of hydrogen-bond donors (Lipinski definition) is 1. The van der Waals surface area contributed by atoms with E-state index in [0.717, 1.165) is 30.2 Å². The third-order valence-corrected chi connectivity index (χ3v) is 6.66. The first-order valence-electron chi connectivity index (χ1n) is 11.1. The fraction of sp³-hybridized carbons (Fsp3) is 0.360. The lowest BCUT2D eigenvalue weighted by Gasteiger charge is -2.29. The number of ketones is 1. The third kappa shape index (κ3) is 5.01. The van der Waals surface area contributed by atoms with E-state index in [1.54, 1.807) is 12.1 Å². The van der Waals surface area contributed by atoms with Crippen LogP contribution in [0.2, 0.25) is 0 Å². The standard InChI is InChI=1S/C25H26BrFN2O5/c1-33-20-8-5-17(15-19(20)27)23(30)21-22(16-3-6-18(26)7-4-16)29(25(32)24(21)31)10-2-9-28-11-13-34-14-12-28/h3-8,15,22,30H,2,9-14H2,1H3/t22-/m0/s1. The summed E-state index contributed by atoms with van der Waals surface area (Å²) in [6, 6.07) is 10.4. The Bertz CT molecular complexity index is 1100. The molecule has 34 heavy (non-hydrogen) atoms. The molecule has 0 saturated carbocycles. The van der Waals surface area contributed by atoms with Crippen LogP contribution >= 0.6 is 15.9 Å². The number of methoxy groups -OCH3 is 1. The summed E-state index contributed by atoms with van der Waals surface area (Å²) in [5, 5.41) is 11.1. The molecule has 2 aliphatic heterocycles. The molecule has 2 heterocycles. The number of halogens is 2. The van der Waals surface area contributed by atoms with Crippen LogP contribution in [-0.2, 0) is 14.3 Å². The summed E-state index contributed by atoms with van der Waals surface area (Å²) in [6.07, 6.45) is 0.664. The van der Waals surface area contributed by atoms with Crippen molar-refractivity contribution in [2.45, 2.75) is 12.5 Å². The van der Waals surface area contributed by atoms with E-state index in [0.29, 0.717) is 31.7 Å². The predicted molar refractivity (Wildman–Crippen MR) is 128 cm³/mol. The van der Waals surface area contributed by atoms with Crippen LogP contribution in [0, 0.1) is 5.82 Å². The Balaban J connectivity index is 1.68. The van der Waals surface area contributed by atoms with Gasteiger partial charge in [-0.05, 0) is 42.3 Å². The lowest BCUT2D eigenvalue weighted by Crippen LogP contribution is -2.38. The molecule has 1 atom stereocenters. The molecule has 1 N–H and O–H groups in total. The lowest BCUT2D eigenvalue weighted by molar-refractivity contribution is -0.140. The molecule has 180 valence electrons. The van der Waals surface area contributed by atoms with Gasteiger partial charge in [-0.15, -0.1) is 0 Å². The van der Waals surface area contributed by atoms with Crippen molar-refractivity contribution in [2.24, 2.45) is 0 Å². The van der Waals surface area contributed by atoms with Crippen molar-refractivity contribution in [3.8, 4) is 5.75 Å². The van der Waals surface area contributed by atoms with Gasteiger partial charge in [0.1, 0.15) is 5.76 Å². The minimum absolute atomic E-state index is 0.0181. The van der Waals surface area contributed by atoms with Crippen molar-refractivity contribution in [1.29, 1.82) is 0 Å². The zero-order chi connectivity index (χ0) is 24.2. The van der Waals surface area contributed by atoms with Crippen molar-refractivity contribution >= 4 is 33.4 Å². The van der Waals surface area contributed by atoms with Gasteiger partial charge in [-0.1, -0.05) is 28.1 Å². The number of Topliss-reactive ketones (excluding diaryl/α,β-unsaturated/α-hetero) is 1. The smallest absolute Gasteiger partial charge is 0.295 e. The molecule has 0 radical (unpaired) electrons. The summed E-state index contributed by atoms with van der Waals surface area (Å²) < 4.78 is 25.5. The van der Waals surface area contributed by atoms with Gasteiger partial charge >= 0.3 is 0 Å². The van der Waals surface area contributed by atoms with Crippen molar-refractivity contribution in [3.05, 3.63) is 69.5 Å². The minimum Gasteiger partial charge on any atom is -0.507 e. The van der Waals surface area contributed by atoms with E-state index in [4.69, 9.17) is 9.47 Å². The van der Waals surface area contributed by atoms with E-state index in [-0.39, 0.29) is 16.9 Å². The number of aliphatic hydroxyl groups excluding tert-OH is 1. The maximum atomic E-state index is 14.3. The van der Waals surface area contributed by atoms with Crippen LogP contribution in [0.5, 0.6) is 5.75 Å². The molecule has 0 bridgehead atoms. The first kappa shape index (κ1) is 24.4. The Morgan fingerprint density at radius 1 is 1.15 bits per heavy atom. The topological polar surface area (TPSA) is 79.3 Å². The van der Waals surface area contributed by atoms with Gasteiger partial charge in [-0.2, -0.15) is 0 Å². The van der Waals surface area contributed by atoms with Gasteiger partial charge < -0.3 is 19.5 Å². The first-order chi connectivity index (χ1) is 16.4. The molecule has 9 heteroatoms. The number of benzene rings is 2. The number of hydrogen-bond acceptors (Lipinski definition) is 6. The highest BCUT2D eigenvalue weighted by molar-refractivity contribution is 9.10. The van der Waals surface area contributed by atoms with Crippen molar-refractivity contribution in [3.63, 3.8) is 0 Å². The van der Waals surface area contributed by atoms with Crippen LogP contribution in [0.25, 0.3) is 5.76 Å². The Hall–Kier alpha value is -2.75. The van der Waals surface area contributed by atoms with Gasteiger partial charge in [0, 0.05) is 36.2 Å². The molecule has 2 fully saturated rings. The molecular formula is C25H26BrFN2O5. The van der Waals surface area contributed by atoms with Crippen LogP contribution in [0.4, 0.5) is 4.39 Å². The quantitative estimate of drug-likeness (QED) is 0.332. The fourth-order valence-electron chi connectivity index (χ4n) is 4.36. The van der Waals surface area contributed by atoms with Crippen molar-refractivity contribution in [2.75, 3.05) is 46.5 Å². The largest absolute Gasteiger partial charge is 0.507 e. The van der Waals surface area contributed by atoms with Gasteiger partial charge in [0.2, 0.25) is 0 Å². The highest BCUT2D eigenvalue weighted by atomic mass is 79.9. The van der Waals surface area contributed by atoms with E-state index in [9.17, 15) is 19.1 Å². The van der Waals surface area contributed by atoms with Crippen LogP contribution in [0.1, 0.15) is 23.6 Å². The fourth-order valence-corrected chi connectivity index (χ4v) is 4.63. The summed E-state index contributed by atoms with van der Waals surface area (Å²) in [5.41, 5.74) is 0.735. The number of nitrogens with zero attached hydrogens (tertiary/aromatic N) is 2. The van der Waals surface area contributed by atoms with Crippen molar-refractivity contribution in [1.82, 2.24) is 9.80 Å². The molecule has 4 rings (SSSR count). The number of carbonyl (C=O) groups excluding carboxylic acids is 2. The molecule has 1 amide bonds. The lowest BCUT2D eigenvalue weighted by atomic mass is 9.95. The third-order valence-electron chi connectivity index (χ3n) is 6.13. The van der Waals surface area contributed by atoms with E-state index >= 15 is 0 Å². The summed E-state index contributed by atoms with van der Waals surface area (Å²) in [7, 11) is 1.34.